The molecule has 0 saturated carbocycles. The molecule has 0 spiro atoms. The Bertz CT molecular complexity index is 301. The van der Waals surface area contributed by atoms with Gasteiger partial charge in [-0.2, -0.15) is 0 Å². The summed E-state index contributed by atoms with van der Waals surface area (Å²) in [6.45, 7) is 2.80. The lowest BCUT2D eigenvalue weighted by molar-refractivity contribution is 0.00852. The van der Waals surface area contributed by atoms with Gasteiger partial charge in [-0.3, -0.25) is 0 Å². The van der Waals surface area contributed by atoms with Gasteiger partial charge in [-0.15, -0.1) is 11.6 Å². The largest absolute Gasteiger partial charge is 0.377 e. The molecule has 0 aromatic carbocycles. The Labute approximate surface area is 103 Å². The normalized spacial score (nSPS) is 24.6. The minimum absolute atomic E-state index is 0.0380. The van der Waals surface area contributed by atoms with E-state index in [2.05, 4.69) is 0 Å². The summed E-state index contributed by atoms with van der Waals surface area (Å²) in [5.41, 5.74) is 0. The Morgan fingerprint density at radius 3 is 2.69 bits per heavy atom. The second-order valence-corrected chi connectivity index (χ2v) is 7.05. The highest BCUT2D eigenvalue weighted by atomic mass is 35.5. The van der Waals surface area contributed by atoms with Crippen LogP contribution >= 0.6 is 11.6 Å². The molecule has 96 valence electrons. The Morgan fingerprint density at radius 1 is 1.50 bits per heavy atom. The topological polar surface area (TPSA) is 46.6 Å². The van der Waals surface area contributed by atoms with Crippen LogP contribution in [0.3, 0.4) is 0 Å². The summed E-state index contributed by atoms with van der Waals surface area (Å²) >= 11 is 5.59. The third-order valence-electron chi connectivity index (χ3n) is 2.89. The lowest BCUT2D eigenvalue weighted by Crippen LogP contribution is -2.41. The summed E-state index contributed by atoms with van der Waals surface area (Å²) < 4.78 is 30.7. The molecule has 0 bridgehead atoms. The van der Waals surface area contributed by atoms with Crippen molar-refractivity contribution in [2.45, 2.75) is 37.5 Å². The summed E-state index contributed by atoms with van der Waals surface area (Å²) in [5.74, 6) is 0.123. The van der Waals surface area contributed by atoms with Crippen LogP contribution in [-0.4, -0.2) is 50.2 Å². The molecule has 0 aliphatic carbocycles. The van der Waals surface area contributed by atoms with Gasteiger partial charge in [0.05, 0.1) is 11.4 Å². The van der Waals surface area contributed by atoms with E-state index >= 15 is 0 Å². The van der Waals surface area contributed by atoms with Crippen molar-refractivity contribution >= 4 is 21.6 Å². The predicted molar refractivity (Wildman–Crippen MR) is 65.3 cm³/mol. The molecule has 0 aromatic rings. The van der Waals surface area contributed by atoms with E-state index < -0.39 is 15.3 Å². The second-order valence-electron chi connectivity index (χ2n) is 4.28. The van der Waals surface area contributed by atoms with Crippen LogP contribution in [0.2, 0.25) is 0 Å². The van der Waals surface area contributed by atoms with Gasteiger partial charge in [0, 0.05) is 26.1 Å². The molecule has 4 nitrogen and oxygen atoms in total. The minimum atomic E-state index is -3.27. The van der Waals surface area contributed by atoms with Gasteiger partial charge in [0.25, 0.3) is 0 Å². The highest BCUT2D eigenvalue weighted by Crippen LogP contribution is 2.16. The minimum Gasteiger partial charge on any atom is -0.377 e. The van der Waals surface area contributed by atoms with Crippen LogP contribution < -0.4 is 0 Å². The smallest absolute Gasteiger partial charge is 0.217 e. The molecule has 2 atom stereocenters. The monoisotopic (exact) mass is 269 g/mol. The van der Waals surface area contributed by atoms with Crippen LogP contribution in [0.5, 0.6) is 0 Å². The van der Waals surface area contributed by atoms with Crippen molar-refractivity contribution in [3.05, 3.63) is 0 Å². The molecular weight excluding hydrogens is 250 g/mol. The summed E-state index contributed by atoms with van der Waals surface area (Å²) in [6, 6.07) is 0. The zero-order valence-corrected chi connectivity index (χ0v) is 11.4. The van der Waals surface area contributed by atoms with E-state index in [0.717, 1.165) is 25.9 Å². The van der Waals surface area contributed by atoms with Gasteiger partial charge >= 0.3 is 0 Å². The van der Waals surface area contributed by atoms with Gasteiger partial charge in [0.1, 0.15) is 0 Å². The first-order valence-corrected chi connectivity index (χ1v) is 7.65. The standard InChI is InChI=1S/C10H20ClNO3S/c1-9(7-11)16(13,14)12(2)8-10-5-3-4-6-15-10/h9-10H,3-8H2,1-2H3. The maximum absolute atomic E-state index is 11.9. The molecule has 1 fully saturated rings. The Morgan fingerprint density at radius 2 is 2.19 bits per heavy atom. The average Bonchev–Trinajstić information content (AvgIpc) is 2.29. The first kappa shape index (κ1) is 14.2. The van der Waals surface area contributed by atoms with Crippen LogP contribution in [0.1, 0.15) is 26.2 Å². The number of hydrogen-bond donors (Lipinski definition) is 0. The van der Waals surface area contributed by atoms with Gasteiger partial charge in [-0.05, 0) is 26.2 Å². The predicted octanol–water partition coefficient (Wildman–Crippen LogP) is 1.44. The molecule has 1 saturated heterocycles. The number of sulfonamides is 1. The summed E-state index contributed by atoms with van der Waals surface area (Å²) in [5, 5.41) is -0.539. The van der Waals surface area contributed by atoms with Crippen molar-refractivity contribution in [2.24, 2.45) is 0 Å². The van der Waals surface area contributed by atoms with Gasteiger partial charge in [-0.25, -0.2) is 12.7 Å². The maximum atomic E-state index is 11.9. The molecule has 0 radical (unpaired) electrons. The summed E-state index contributed by atoms with van der Waals surface area (Å²) in [4.78, 5) is 0. The van der Waals surface area contributed by atoms with Gasteiger partial charge in [-0.1, -0.05) is 0 Å². The van der Waals surface area contributed by atoms with Crippen LogP contribution in [0, 0.1) is 0 Å². The van der Waals surface area contributed by atoms with Crippen LogP contribution in [0.4, 0.5) is 0 Å². The van der Waals surface area contributed by atoms with E-state index in [1.807, 2.05) is 0 Å². The summed E-state index contributed by atoms with van der Waals surface area (Å²) in [7, 11) is -1.67. The first-order valence-electron chi connectivity index (χ1n) is 5.61. The molecule has 0 N–H and O–H groups in total. The second kappa shape index (κ2) is 6.19. The van der Waals surface area contributed by atoms with Crippen molar-refractivity contribution < 1.29 is 13.2 Å². The fourth-order valence-corrected chi connectivity index (χ4v) is 3.35. The fourth-order valence-electron chi connectivity index (χ4n) is 1.73. The van der Waals surface area contributed by atoms with Gasteiger partial charge < -0.3 is 4.74 Å². The highest BCUT2D eigenvalue weighted by Gasteiger charge is 2.28. The zero-order chi connectivity index (χ0) is 12.2. The van der Waals surface area contributed by atoms with Gasteiger partial charge in [0.15, 0.2) is 0 Å². The number of likely N-dealkylation sites (N-methyl/N-ethyl adjacent to an activating group) is 1. The fraction of sp³-hybridized carbons (Fsp3) is 1.00. The molecule has 16 heavy (non-hydrogen) atoms. The van der Waals surface area contributed by atoms with E-state index in [4.69, 9.17) is 16.3 Å². The van der Waals surface area contributed by atoms with Crippen LogP contribution in [0.15, 0.2) is 0 Å². The lowest BCUT2D eigenvalue weighted by atomic mass is 10.1. The SMILES string of the molecule is CC(CCl)S(=O)(=O)N(C)CC1CCCCO1. The number of hydrogen-bond acceptors (Lipinski definition) is 3. The van der Waals surface area contributed by atoms with Crippen molar-refractivity contribution in [1.82, 2.24) is 4.31 Å². The first-order chi connectivity index (χ1) is 7.48. The highest BCUT2D eigenvalue weighted by molar-refractivity contribution is 7.89. The van der Waals surface area contributed by atoms with Crippen LogP contribution in [0.25, 0.3) is 0 Å². The number of alkyl halides is 1. The van der Waals surface area contributed by atoms with E-state index in [9.17, 15) is 8.42 Å². The Hall–Kier alpha value is 0.160. The van der Waals surface area contributed by atoms with E-state index in [0.29, 0.717) is 6.54 Å². The van der Waals surface area contributed by atoms with E-state index in [1.54, 1.807) is 14.0 Å². The quantitative estimate of drug-likeness (QED) is 0.710. The zero-order valence-electron chi connectivity index (χ0n) is 9.86. The lowest BCUT2D eigenvalue weighted by Gasteiger charge is -2.28. The molecule has 6 heteroatoms. The number of rotatable bonds is 5. The Balaban J connectivity index is 2.53. The Kier molecular flexibility index (Phi) is 5.50. The van der Waals surface area contributed by atoms with Crippen molar-refractivity contribution in [3.8, 4) is 0 Å². The molecule has 1 heterocycles. The number of nitrogens with zero attached hydrogens (tertiary/aromatic N) is 1. The van der Waals surface area contributed by atoms with E-state index in [-0.39, 0.29) is 12.0 Å². The van der Waals surface area contributed by atoms with Crippen molar-refractivity contribution in [1.29, 1.82) is 0 Å². The van der Waals surface area contributed by atoms with Crippen molar-refractivity contribution in [3.63, 3.8) is 0 Å². The molecule has 0 amide bonds. The third kappa shape index (κ3) is 3.58. The molecular formula is C10H20ClNO3S. The van der Waals surface area contributed by atoms with Crippen molar-refractivity contribution in [2.75, 3.05) is 26.1 Å². The molecule has 1 aliphatic rings. The molecule has 1 rings (SSSR count). The number of halogens is 1. The van der Waals surface area contributed by atoms with E-state index in [1.165, 1.54) is 4.31 Å². The number of ether oxygens (including phenoxy) is 1. The average molecular weight is 270 g/mol. The summed E-state index contributed by atoms with van der Waals surface area (Å²) in [6.07, 6.45) is 3.17. The molecule has 0 aromatic heterocycles. The van der Waals surface area contributed by atoms with Gasteiger partial charge in [0.2, 0.25) is 10.0 Å². The third-order valence-corrected chi connectivity index (χ3v) is 5.74. The maximum Gasteiger partial charge on any atom is 0.217 e. The van der Waals surface area contributed by atoms with Crippen LogP contribution in [-0.2, 0) is 14.8 Å². The molecule has 1 aliphatic heterocycles. The molecule has 2 unspecified atom stereocenters.